The quantitative estimate of drug-likeness (QED) is 0.712. The molecule has 15 heavy (non-hydrogen) atoms. The topological polar surface area (TPSA) is 32.6 Å². The van der Waals surface area contributed by atoms with Crippen molar-refractivity contribution < 1.29 is 5.11 Å². The van der Waals surface area contributed by atoms with Gasteiger partial charge in [0.15, 0.2) is 0 Å². The number of aliphatic imine (C=N–C) groups is 1. The fourth-order valence-electron chi connectivity index (χ4n) is 3.45. The Labute approximate surface area is 92.8 Å². The van der Waals surface area contributed by atoms with Gasteiger partial charge in [0.1, 0.15) is 0 Å². The molecule has 0 heterocycles. The molecule has 0 unspecified atom stereocenters. The van der Waals surface area contributed by atoms with Crippen LogP contribution >= 0.6 is 0 Å². The van der Waals surface area contributed by atoms with E-state index in [-0.39, 0.29) is 6.61 Å². The van der Waals surface area contributed by atoms with E-state index in [1.54, 1.807) is 0 Å². The van der Waals surface area contributed by atoms with Gasteiger partial charge >= 0.3 is 0 Å². The molecule has 0 amide bonds. The third kappa shape index (κ3) is 1.45. The fraction of sp³-hybridized carbons (Fsp3) is 0.923. The maximum atomic E-state index is 8.77. The van der Waals surface area contributed by atoms with Gasteiger partial charge in [0.2, 0.25) is 0 Å². The molecule has 0 saturated heterocycles. The van der Waals surface area contributed by atoms with Crippen LogP contribution in [0.5, 0.6) is 0 Å². The first kappa shape index (κ1) is 11.1. The zero-order valence-electron chi connectivity index (χ0n) is 10.2. The first-order chi connectivity index (χ1) is 7.02. The van der Waals surface area contributed by atoms with Gasteiger partial charge in [-0.1, -0.05) is 20.8 Å². The van der Waals surface area contributed by atoms with E-state index in [9.17, 15) is 0 Å². The maximum absolute atomic E-state index is 8.77. The molecule has 2 fully saturated rings. The summed E-state index contributed by atoms with van der Waals surface area (Å²) in [6.45, 7) is 8.26. The summed E-state index contributed by atoms with van der Waals surface area (Å²) in [7, 11) is 0. The highest BCUT2D eigenvalue weighted by Crippen LogP contribution is 2.63. The van der Waals surface area contributed by atoms with E-state index in [4.69, 9.17) is 10.1 Å². The highest BCUT2D eigenvalue weighted by Gasteiger charge is 2.59. The van der Waals surface area contributed by atoms with Crippen molar-refractivity contribution in [3.8, 4) is 0 Å². The van der Waals surface area contributed by atoms with Gasteiger partial charge in [0.25, 0.3) is 0 Å². The Morgan fingerprint density at radius 3 is 2.60 bits per heavy atom. The normalized spacial score (nSPS) is 40.3. The molecule has 2 aliphatic rings. The molecule has 0 aromatic rings. The van der Waals surface area contributed by atoms with Crippen LogP contribution in [0.2, 0.25) is 0 Å². The Kier molecular flexibility index (Phi) is 2.66. The molecular weight excluding hydrogens is 186 g/mol. The van der Waals surface area contributed by atoms with Crippen molar-refractivity contribution in [1.29, 1.82) is 0 Å². The Morgan fingerprint density at radius 1 is 1.40 bits per heavy atom. The second kappa shape index (κ2) is 3.58. The predicted molar refractivity (Wildman–Crippen MR) is 63.2 cm³/mol. The van der Waals surface area contributed by atoms with Crippen molar-refractivity contribution in [1.82, 2.24) is 0 Å². The van der Waals surface area contributed by atoms with E-state index < -0.39 is 0 Å². The van der Waals surface area contributed by atoms with Gasteiger partial charge in [0.05, 0.1) is 0 Å². The lowest BCUT2D eigenvalue weighted by molar-refractivity contribution is 0.193. The third-order valence-electron chi connectivity index (χ3n) is 5.13. The van der Waals surface area contributed by atoms with Crippen LogP contribution in [0.1, 0.15) is 46.5 Å². The van der Waals surface area contributed by atoms with E-state index in [1.165, 1.54) is 25.0 Å². The minimum Gasteiger partial charge on any atom is -0.396 e. The smallest absolute Gasteiger partial charge is 0.0448 e. The molecule has 1 N–H and O–H groups in total. The van der Waals surface area contributed by atoms with Gasteiger partial charge in [0, 0.05) is 24.3 Å². The van der Waals surface area contributed by atoms with E-state index >= 15 is 0 Å². The van der Waals surface area contributed by atoms with E-state index in [0.29, 0.717) is 10.8 Å². The summed E-state index contributed by atoms with van der Waals surface area (Å²) in [6, 6.07) is 0. The van der Waals surface area contributed by atoms with Crippen LogP contribution in [0.3, 0.4) is 0 Å². The standard InChI is InChI=1S/C13H23NO/c1-12(2)10-5-6-13(12,3)11(9-10)14-7-4-8-15/h10,15H,4-9H2,1-3H3/t10-,13+/m1/s1. The second-order valence-electron chi connectivity index (χ2n) is 5.90. The number of rotatable bonds is 3. The summed E-state index contributed by atoms with van der Waals surface area (Å²) in [6.07, 6.45) is 4.70. The van der Waals surface area contributed by atoms with E-state index in [0.717, 1.165) is 18.9 Å². The molecule has 86 valence electrons. The molecule has 0 spiro atoms. The van der Waals surface area contributed by atoms with Crippen molar-refractivity contribution in [3.63, 3.8) is 0 Å². The zero-order valence-corrected chi connectivity index (χ0v) is 10.2. The summed E-state index contributed by atoms with van der Waals surface area (Å²) in [5.41, 5.74) is 2.20. The SMILES string of the molecule is CC1(C)[C@@H]2CC[C@@]1(C)C(=NCCCO)C2. The average Bonchev–Trinajstić information content (AvgIpc) is 2.51. The number of hydrogen-bond donors (Lipinski definition) is 1. The van der Waals surface area contributed by atoms with Gasteiger partial charge in [-0.25, -0.2) is 0 Å². The minimum absolute atomic E-state index is 0.264. The predicted octanol–water partition coefficient (Wildman–Crippen LogP) is 2.66. The van der Waals surface area contributed by atoms with E-state index in [1.807, 2.05) is 0 Å². The van der Waals surface area contributed by atoms with Crippen LogP contribution in [0.15, 0.2) is 4.99 Å². The molecular formula is C13H23NO. The molecule has 2 atom stereocenters. The Hall–Kier alpha value is -0.370. The average molecular weight is 209 g/mol. The molecule has 2 saturated carbocycles. The number of fused-ring (bicyclic) bond motifs is 2. The summed E-state index contributed by atoms with van der Waals surface area (Å²) < 4.78 is 0. The maximum Gasteiger partial charge on any atom is 0.0448 e. The first-order valence-electron chi connectivity index (χ1n) is 6.17. The van der Waals surface area contributed by atoms with Crippen LogP contribution < -0.4 is 0 Å². The summed E-state index contributed by atoms with van der Waals surface area (Å²) in [5.74, 6) is 0.843. The highest BCUT2D eigenvalue weighted by atomic mass is 16.3. The van der Waals surface area contributed by atoms with Gasteiger partial charge in [-0.2, -0.15) is 0 Å². The molecule has 2 aliphatic carbocycles. The number of nitrogens with zero attached hydrogens (tertiary/aromatic N) is 1. The Bertz CT molecular complexity index is 282. The Morgan fingerprint density at radius 2 is 2.13 bits per heavy atom. The first-order valence-corrected chi connectivity index (χ1v) is 6.17. The van der Waals surface area contributed by atoms with Crippen LogP contribution in [-0.4, -0.2) is 24.0 Å². The fourth-order valence-corrected chi connectivity index (χ4v) is 3.45. The largest absolute Gasteiger partial charge is 0.396 e. The van der Waals surface area contributed by atoms with Gasteiger partial charge in [-0.15, -0.1) is 0 Å². The monoisotopic (exact) mass is 209 g/mol. The lowest BCUT2D eigenvalue weighted by atomic mass is 9.70. The number of aliphatic hydroxyl groups is 1. The van der Waals surface area contributed by atoms with Gasteiger partial charge < -0.3 is 5.11 Å². The molecule has 2 rings (SSSR count). The lowest BCUT2D eigenvalue weighted by Crippen LogP contribution is -2.32. The minimum atomic E-state index is 0.264. The van der Waals surface area contributed by atoms with Crippen LogP contribution in [0.4, 0.5) is 0 Å². The van der Waals surface area contributed by atoms with Crippen molar-refractivity contribution in [2.24, 2.45) is 21.7 Å². The van der Waals surface area contributed by atoms with Crippen molar-refractivity contribution in [2.75, 3.05) is 13.2 Å². The van der Waals surface area contributed by atoms with Gasteiger partial charge in [-0.3, -0.25) is 4.99 Å². The van der Waals surface area contributed by atoms with Crippen molar-refractivity contribution in [2.45, 2.75) is 46.5 Å². The number of aliphatic hydroxyl groups excluding tert-OH is 1. The van der Waals surface area contributed by atoms with Crippen LogP contribution in [0, 0.1) is 16.7 Å². The summed E-state index contributed by atoms with van der Waals surface area (Å²) >= 11 is 0. The third-order valence-corrected chi connectivity index (χ3v) is 5.13. The summed E-state index contributed by atoms with van der Waals surface area (Å²) in [5, 5.41) is 8.77. The zero-order chi connectivity index (χ0) is 11.1. The van der Waals surface area contributed by atoms with Crippen molar-refractivity contribution in [3.05, 3.63) is 0 Å². The molecule has 0 aromatic heterocycles. The molecule has 0 aliphatic heterocycles. The van der Waals surface area contributed by atoms with Crippen molar-refractivity contribution >= 4 is 5.71 Å². The molecule has 2 nitrogen and oxygen atoms in total. The van der Waals surface area contributed by atoms with Gasteiger partial charge in [-0.05, 0) is 37.0 Å². The molecule has 2 heteroatoms. The molecule has 0 aromatic carbocycles. The molecule has 2 bridgehead atoms. The summed E-state index contributed by atoms with van der Waals surface area (Å²) in [4.78, 5) is 4.72. The van der Waals surface area contributed by atoms with Crippen LogP contribution in [-0.2, 0) is 0 Å². The second-order valence-corrected chi connectivity index (χ2v) is 5.90. The lowest BCUT2D eigenvalue weighted by Gasteiger charge is -2.34. The highest BCUT2D eigenvalue weighted by molar-refractivity contribution is 5.94. The van der Waals surface area contributed by atoms with E-state index in [2.05, 4.69) is 20.8 Å². The molecule has 0 radical (unpaired) electrons. The number of hydrogen-bond acceptors (Lipinski definition) is 2. The van der Waals surface area contributed by atoms with Crippen LogP contribution in [0.25, 0.3) is 0 Å². The Balaban J connectivity index is 2.15.